The van der Waals surface area contributed by atoms with E-state index in [-0.39, 0.29) is 35.7 Å². The van der Waals surface area contributed by atoms with Crippen molar-refractivity contribution in [2.75, 3.05) is 6.61 Å². The molecule has 122 valence electrons. The number of esters is 1. The van der Waals surface area contributed by atoms with Crippen LogP contribution in [-0.4, -0.2) is 24.0 Å². The van der Waals surface area contributed by atoms with E-state index in [1.54, 1.807) is 6.92 Å². The van der Waals surface area contributed by atoms with Gasteiger partial charge >= 0.3 is 5.97 Å². The third-order valence-corrected chi connectivity index (χ3v) is 5.20. The highest BCUT2D eigenvalue weighted by molar-refractivity contribution is 5.92. The summed E-state index contributed by atoms with van der Waals surface area (Å²) in [7, 11) is 0. The number of hydrogen-bond donors (Lipinski definition) is 1. The fraction of sp³-hybridized carbons (Fsp3) is 0.474. The Labute approximate surface area is 136 Å². The Morgan fingerprint density at radius 1 is 1.30 bits per heavy atom. The molecule has 0 aliphatic heterocycles. The van der Waals surface area contributed by atoms with Crippen molar-refractivity contribution in [3.8, 4) is 0 Å². The van der Waals surface area contributed by atoms with Gasteiger partial charge in [0.25, 0.3) is 0 Å². The summed E-state index contributed by atoms with van der Waals surface area (Å²) in [5.41, 5.74) is 1.16. The topological polar surface area (TPSA) is 63.6 Å². The number of allylic oxidation sites excluding steroid dienone is 1. The van der Waals surface area contributed by atoms with Crippen molar-refractivity contribution >= 4 is 12.3 Å². The molecule has 0 amide bonds. The fourth-order valence-corrected chi connectivity index (χ4v) is 4.26. The Kier molecular flexibility index (Phi) is 4.51. The van der Waals surface area contributed by atoms with E-state index < -0.39 is 11.9 Å². The maximum absolute atomic E-state index is 12.5. The van der Waals surface area contributed by atoms with Crippen LogP contribution in [0, 0.1) is 17.8 Å². The minimum atomic E-state index is -0.504. The Morgan fingerprint density at radius 2 is 2.04 bits per heavy atom. The molecule has 1 unspecified atom stereocenters. The van der Waals surface area contributed by atoms with Gasteiger partial charge in [-0.15, -0.1) is 0 Å². The van der Waals surface area contributed by atoms with Crippen molar-refractivity contribution in [2.45, 2.75) is 32.1 Å². The van der Waals surface area contributed by atoms with Crippen LogP contribution in [0.25, 0.3) is 0 Å². The van der Waals surface area contributed by atoms with E-state index in [0.29, 0.717) is 0 Å². The minimum absolute atomic E-state index is 0.0930. The Balaban J connectivity index is 2.13. The van der Waals surface area contributed by atoms with E-state index in [9.17, 15) is 14.7 Å². The van der Waals surface area contributed by atoms with Gasteiger partial charge in [-0.1, -0.05) is 36.8 Å². The number of carbonyl (C=O) groups is 2. The van der Waals surface area contributed by atoms with Crippen LogP contribution in [0.1, 0.15) is 37.7 Å². The number of aliphatic hydroxyl groups excluding tert-OH is 1. The van der Waals surface area contributed by atoms with Crippen molar-refractivity contribution in [2.24, 2.45) is 17.8 Å². The summed E-state index contributed by atoms with van der Waals surface area (Å²) in [6.07, 6.45) is 3.68. The molecule has 3 rings (SSSR count). The Hall–Kier alpha value is -2.10. The SMILES string of the molecule is CCOC(=O)C1=C(O)[C@@H]2CCC[C@@H]2C(C=O)[C@H]1c1ccccc1. The quantitative estimate of drug-likeness (QED) is 0.683. The summed E-state index contributed by atoms with van der Waals surface area (Å²) in [6.45, 7) is 1.99. The lowest BCUT2D eigenvalue weighted by atomic mass is 9.65. The highest BCUT2D eigenvalue weighted by Gasteiger charge is 2.49. The van der Waals surface area contributed by atoms with Gasteiger partial charge < -0.3 is 14.6 Å². The second kappa shape index (κ2) is 6.57. The van der Waals surface area contributed by atoms with Crippen molar-refractivity contribution < 1.29 is 19.4 Å². The number of rotatable bonds is 4. The van der Waals surface area contributed by atoms with E-state index in [1.165, 1.54) is 0 Å². The maximum atomic E-state index is 12.5. The molecule has 1 saturated carbocycles. The smallest absolute Gasteiger partial charge is 0.338 e. The van der Waals surface area contributed by atoms with Crippen LogP contribution in [0.4, 0.5) is 0 Å². The van der Waals surface area contributed by atoms with Gasteiger partial charge in [-0.2, -0.15) is 0 Å². The molecule has 1 N–H and O–H groups in total. The van der Waals surface area contributed by atoms with E-state index in [0.717, 1.165) is 31.1 Å². The summed E-state index contributed by atoms with van der Waals surface area (Å²) in [4.78, 5) is 24.3. The number of carbonyl (C=O) groups excluding carboxylic acids is 2. The fourth-order valence-electron chi connectivity index (χ4n) is 4.26. The van der Waals surface area contributed by atoms with E-state index >= 15 is 0 Å². The molecule has 1 aromatic carbocycles. The average molecular weight is 314 g/mol. The summed E-state index contributed by atoms with van der Waals surface area (Å²) in [5, 5.41) is 10.7. The van der Waals surface area contributed by atoms with Gasteiger partial charge in [0, 0.05) is 17.8 Å². The zero-order valence-corrected chi connectivity index (χ0v) is 13.3. The first-order valence-corrected chi connectivity index (χ1v) is 8.29. The molecule has 4 heteroatoms. The largest absolute Gasteiger partial charge is 0.511 e. The lowest BCUT2D eigenvalue weighted by Crippen LogP contribution is -2.37. The van der Waals surface area contributed by atoms with Gasteiger partial charge in [-0.3, -0.25) is 0 Å². The van der Waals surface area contributed by atoms with Crippen LogP contribution >= 0.6 is 0 Å². The second-order valence-corrected chi connectivity index (χ2v) is 6.32. The summed E-state index contributed by atoms with van der Waals surface area (Å²) >= 11 is 0. The van der Waals surface area contributed by atoms with Gasteiger partial charge in [-0.05, 0) is 31.2 Å². The van der Waals surface area contributed by atoms with Crippen molar-refractivity contribution in [3.05, 3.63) is 47.2 Å². The zero-order valence-electron chi connectivity index (χ0n) is 13.3. The predicted molar refractivity (Wildman–Crippen MR) is 85.9 cm³/mol. The number of benzene rings is 1. The first kappa shape index (κ1) is 15.8. The highest BCUT2D eigenvalue weighted by Crippen LogP contribution is 2.52. The van der Waals surface area contributed by atoms with E-state index in [1.807, 2.05) is 30.3 Å². The number of hydrogen-bond acceptors (Lipinski definition) is 4. The summed E-state index contributed by atoms with van der Waals surface area (Å²) < 4.78 is 5.17. The van der Waals surface area contributed by atoms with Crippen LogP contribution in [-0.2, 0) is 14.3 Å². The second-order valence-electron chi connectivity index (χ2n) is 6.32. The highest BCUT2D eigenvalue weighted by atomic mass is 16.5. The average Bonchev–Trinajstić information content (AvgIpc) is 3.05. The lowest BCUT2D eigenvalue weighted by molar-refractivity contribution is -0.139. The molecule has 1 fully saturated rings. The van der Waals surface area contributed by atoms with Gasteiger partial charge in [0.1, 0.15) is 12.0 Å². The molecule has 0 bridgehead atoms. The number of aliphatic hydroxyl groups is 1. The van der Waals surface area contributed by atoms with Crippen LogP contribution in [0.15, 0.2) is 41.7 Å². The molecular formula is C19H22O4. The Bertz CT molecular complexity index is 620. The third kappa shape index (κ3) is 2.67. The molecule has 0 aromatic heterocycles. The van der Waals surface area contributed by atoms with E-state index in [4.69, 9.17) is 4.74 Å². The van der Waals surface area contributed by atoms with Crippen LogP contribution < -0.4 is 0 Å². The minimum Gasteiger partial charge on any atom is -0.511 e. The monoisotopic (exact) mass is 314 g/mol. The maximum Gasteiger partial charge on any atom is 0.338 e. The first-order valence-electron chi connectivity index (χ1n) is 8.29. The summed E-state index contributed by atoms with van der Waals surface area (Å²) in [5.74, 6) is -1.07. The van der Waals surface area contributed by atoms with Gasteiger partial charge in [0.05, 0.1) is 12.2 Å². The molecule has 4 atom stereocenters. The van der Waals surface area contributed by atoms with Crippen molar-refractivity contribution in [1.82, 2.24) is 0 Å². The molecule has 0 heterocycles. The van der Waals surface area contributed by atoms with Crippen LogP contribution in [0.3, 0.4) is 0 Å². The number of fused-ring (bicyclic) bond motifs is 1. The molecule has 23 heavy (non-hydrogen) atoms. The molecule has 0 spiro atoms. The van der Waals surface area contributed by atoms with Gasteiger partial charge in [-0.25, -0.2) is 4.79 Å². The van der Waals surface area contributed by atoms with Crippen LogP contribution in [0.5, 0.6) is 0 Å². The van der Waals surface area contributed by atoms with Crippen molar-refractivity contribution in [1.29, 1.82) is 0 Å². The Morgan fingerprint density at radius 3 is 2.70 bits per heavy atom. The van der Waals surface area contributed by atoms with E-state index in [2.05, 4.69) is 0 Å². The lowest BCUT2D eigenvalue weighted by Gasteiger charge is -2.38. The predicted octanol–water partition coefficient (Wildman–Crippen LogP) is 3.39. The molecule has 4 nitrogen and oxygen atoms in total. The molecule has 1 aromatic rings. The molecule has 0 radical (unpaired) electrons. The van der Waals surface area contributed by atoms with Gasteiger partial charge in [0.15, 0.2) is 0 Å². The first-order chi connectivity index (χ1) is 11.2. The normalized spacial score (nSPS) is 30.0. The summed E-state index contributed by atoms with van der Waals surface area (Å²) in [6, 6.07) is 9.48. The number of ether oxygens (including phenoxy) is 1. The third-order valence-electron chi connectivity index (χ3n) is 5.20. The number of aldehydes is 1. The van der Waals surface area contributed by atoms with Crippen LogP contribution in [0.2, 0.25) is 0 Å². The van der Waals surface area contributed by atoms with Crippen molar-refractivity contribution in [3.63, 3.8) is 0 Å². The standard InChI is InChI=1S/C19H22O4/c1-2-23-19(22)17-16(12-7-4-3-5-8-12)15(11-20)13-9-6-10-14(13)18(17)21/h3-5,7-8,11,13-16,21H,2,6,9-10H2,1H3/t13-,14+,15?,16+/m0/s1. The van der Waals surface area contributed by atoms with Gasteiger partial charge in [0.2, 0.25) is 0 Å². The molecule has 2 aliphatic carbocycles. The zero-order chi connectivity index (χ0) is 16.4. The molecule has 2 aliphatic rings. The molecule has 0 saturated heterocycles. The molecular weight excluding hydrogens is 292 g/mol.